The lowest BCUT2D eigenvalue weighted by Crippen LogP contribution is -2.24. The van der Waals surface area contributed by atoms with Crippen molar-refractivity contribution in [3.05, 3.63) is 28.8 Å². The highest BCUT2D eigenvalue weighted by atomic mass is 35.5. The predicted molar refractivity (Wildman–Crippen MR) is 71.3 cm³/mol. The maximum Gasteiger partial charge on any atom is 0.0682 e. The molecule has 1 aliphatic heterocycles. The van der Waals surface area contributed by atoms with E-state index >= 15 is 0 Å². The van der Waals surface area contributed by atoms with E-state index in [0.29, 0.717) is 6.04 Å². The molecule has 1 saturated heterocycles. The van der Waals surface area contributed by atoms with Crippen LogP contribution in [0.5, 0.6) is 0 Å². The van der Waals surface area contributed by atoms with E-state index in [0.717, 1.165) is 16.3 Å². The lowest BCUT2D eigenvalue weighted by Gasteiger charge is -2.24. The van der Waals surface area contributed by atoms with Gasteiger partial charge in [0.25, 0.3) is 0 Å². The Hall–Kier alpha value is -0.380. The molecule has 0 aromatic heterocycles. The van der Waals surface area contributed by atoms with Gasteiger partial charge in [-0.2, -0.15) is 11.8 Å². The van der Waals surface area contributed by atoms with Crippen LogP contribution < -0.4 is 5.32 Å². The summed E-state index contributed by atoms with van der Waals surface area (Å²) >= 11 is 8.13. The molecule has 2 N–H and O–H groups in total. The monoisotopic (exact) mass is 257 g/mol. The molecule has 4 heteroatoms. The molecule has 1 heterocycles. The summed E-state index contributed by atoms with van der Waals surface area (Å²) in [6.07, 6.45) is 2.37. The fourth-order valence-electron chi connectivity index (χ4n) is 1.84. The number of halogens is 1. The molecule has 0 bridgehead atoms. The third kappa shape index (κ3) is 3.06. The predicted octanol–water partition coefficient (Wildman–Crippen LogP) is 3.14. The zero-order valence-corrected chi connectivity index (χ0v) is 10.7. The van der Waals surface area contributed by atoms with E-state index < -0.39 is 0 Å². The highest BCUT2D eigenvalue weighted by Gasteiger charge is 2.14. The van der Waals surface area contributed by atoms with Crippen molar-refractivity contribution in [2.75, 3.05) is 16.8 Å². The topological polar surface area (TPSA) is 32.3 Å². The van der Waals surface area contributed by atoms with Gasteiger partial charge in [0.2, 0.25) is 0 Å². The van der Waals surface area contributed by atoms with Crippen molar-refractivity contribution in [3.63, 3.8) is 0 Å². The zero-order chi connectivity index (χ0) is 11.4. The summed E-state index contributed by atoms with van der Waals surface area (Å²) in [5, 5.41) is 13.3. The van der Waals surface area contributed by atoms with E-state index in [1.54, 1.807) is 0 Å². The summed E-state index contributed by atoms with van der Waals surface area (Å²) in [5.74, 6) is 2.43. The van der Waals surface area contributed by atoms with E-state index in [-0.39, 0.29) is 6.61 Å². The average Bonchev–Trinajstić information content (AvgIpc) is 2.33. The molecule has 88 valence electrons. The largest absolute Gasteiger partial charge is 0.392 e. The van der Waals surface area contributed by atoms with Crippen LogP contribution in [0.2, 0.25) is 5.02 Å². The lowest BCUT2D eigenvalue weighted by molar-refractivity contribution is 0.282. The second-order valence-electron chi connectivity index (χ2n) is 4.00. The maximum absolute atomic E-state index is 9.08. The van der Waals surface area contributed by atoms with Gasteiger partial charge in [-0.05, 0) is 42.0 Å². The van der Waals surface area contributed by atoms with E-state index in [1.807, 2.05) is 30.0 Å². The van der Waals surface area contributed by atoms with Gasteiger partial charge in [-0.15, -0.1) is 0 Å². The number of nitrogens with one attached hydrogen (secondary N) is 1. The van der Waals surface area contributed by atoms with Crippen LogP contribution in [0.15, 0.2) is 18.2 Å². The number of hydrogen-bond donors (Lipinski definition) is 2. The first-order chi connectivity index (χ1) is 7.79. The van der Waals surface area contributed by atoms with Crippen molar-refractivity contribution < 1.29 is 5.11 Å². The van der Waals surface area contributed by atoms with Gasteiger partial charge in [0, 0.05) is 6.04 Å². The van der Waals surface area contributed by atoms with E-state index in [1.165, 1.54) is 24.3 Å². The summed E-state index contributed by atoms with van der Waals surface area (Å²) in [6.45, 7) is 0.0619. The third-order valence-corrected chi connectivity index (χ3v) is 4.17. The number of benzene rings is 1. The van der Waals surface area contributed by atoms with Gasteiger partial charge in [0.05, 0.1) is 17.3 Å². The Bertz CT molecular complexity index is 353. The number of anilines is 1. The van der Waals surface area contributed by atoms with Gasteiger partial charge < -0.3 is 10.4 Å². The Morgan fingerprint density at radius 2 is 2.12 bits per heavy atom. The van der Waals surface area contributed by atoms with Crippen molar-refractivity contribution in [2.45, 2.75) is 25.5 Å². The second kappa shape index (κ2) is 5.80. The smallest absolute Gasteiger partial charge is 0.0682 e. The van der Waals surface area contributed by atoms with Crippen molar-refractivity contribution in [2.24, 2.45) is 0 Å². The Labute approximate surface area is 105 Å². The van der Waals surface area contributed by atoms with E-state index in [9.17, 15) is 0 Å². The van der Waals surface area contributed by atoms with Gasteiger partial charge in [0.15, 0.2) is 0 Å². The molecule has 1 aromatic carbocycles. The molecule has 1 fully saturated rings. The van der Waals surface area contributed by atoms with Crippen molar-refractivity contribution in [1.82, 2.24) is 0 Å². The van der Waals surface area contributed by atoms with Crippen molar-refractivity contribution in [1.29, 1.82) is 0 Å². The minimum Gasteiger partial charge on any atom is -0.392 e. The molecule has 0 radical (unpaired) electrons. The summed E-state index contributed by atoms with van der Waals surface area (Å²) in [6, 6.07) is 6.15. The minimum atomic E-state index is 0.0619. The molecule has 1 aromatic rings. The summed E-state index contributed by atoms with van der Waals surface area (Å²) in [5.41, 5.74) is 1.85. The van der Waals surface area contributed by atoms with Gasteiger partial charge >= 0.3 is 0 Å². The summed E-state index contributed by atoms with van der Waals surface area (Å²) in [7, 11) is 0. The van der Waals surface area contributed by atoms with Gasteiger partial charge in [0.1, 0.15) is 0 Å². The van der Waals surface area contributed by atoms with Crippen molar-refractivity contribution in [3.8, 4) is 0 Å². The number of aliphatic hydroxyl groups excluding tert-OH is 1. The first-order valence-corrected chi connectivity index (χ1v) is 7.06. The standard InChI is InChI=1S/C12H16ClNOS/c13-11-2-1-9(8-15)7-12(11)14-10-3-5-16-6-4-10/h1-2,7,10,14-15H,3-6,8H2. The van der Waals surface area contributed by atoms with Crippen LogP contribution in [0.3, 0.4) is 0 Å². The highest BCUT2D eigenvalue weighted by Crippen LogP contribution is 2.27. The van der Waals surface area contributed by atoms with Crippen LogP contribution in [0, 0.1) is 0 Å². The van der Waals surface area contributed by atoms with Crippen LogP contribution in [-0.2, 0) is 6.61 Å². The Balaban J connectivity index is 2.06. The number of thioether (sulfide) groups is 1. The summed E-state index contributed by atoms with van der Waals surface area (Å²) < 4.78 is 0. The van der Waals surface area contributed by atoms with Crippen molar-refractivity contribution >= 4 is 29.1 Å². The van der Waals surface area contributed by atoms with Gasteiger partial charge in [-0.1, -0.05) is 17.7 Å². The molecule has 0 aliphatic carbocycles. The Kier molecular flexibility index (Phi) is 4.38. The Morgan fingerprint density at radius 3 is 2.81 bits per heavy atom. The fourth-order valence-corrected chi connectivity index (χ4v) is 3.12. The van der Waals surface area contributed by atoms with Crippen LogP contribution in [-0.4, -0.2) is 22.7 Å². The molecule has 2 rings (SSSR count). The van der Waals surface area contributed by atoms with Crippen LogP contribution in [0.4, 0.5) is 5.69 Å². The second-order valence-corrected chi connectivity index (χ2v) is 5.64. The lowest BCUT2D eigenvalue weighted by atomic mass is 10.1. The molecule has 16 heavy (non-hydrogen) atoms. The summed E-state index contributed by atoms with van der Waals surface area (Å²) in [4.78, 5) is 0. The molecule has 1 aliphatic rings. The molecular formula is C12H16ClNOS. The van der Waals surface area contributed by atoms with Gasteiger partial charge in [-0.3, -0.25) is 0 Å². The third-order valence-electron chi connectivity index (χ3n) is 2.79. The minimum absolute atomic E-state index is 0.0619. The molecule has 0 spiro atoms. The SMILES string of the molecule is OCc1ccc(Cl)c(NC2CCSCC2)c1. The fraction of sp³-hybridized carbons (Fsp3) is 0.500. The quantitative estimate of drug-likeness (QED) is 0.873. The number of hydrogen-bond acceptors (Lipinski definition) is 3. The number of rotatable bonds is 3. The van der Waals surface area contributed by atoms with Crippen LogP contribution in [0.1, 0.15) is 18.4 Å². The molecule has 0 amide bonds. The molecule has 0 unspecified atom stereocenters. The normalized spacial score (nSPS) is 17.4. The highest BCUT2D eigenvalue weighted by molar-refractivity contribution is 7.99. The van der Waals surface area contributed by atoms with Crippen LogP contribution in [0.25, 0.3) is 0 Å². The number of aliphatic hydroxyl groups is 1. The Morgan fingerprint density at radius 1 is 1.38 bits per heavy atom. The maximum atomic E-state index is 9.08. The molecule has 0 saturated carbocycles. The molecule has 2 nitrogen and oxygen atoms in total. The first-order valence-electron chi connectivity index (χ1n) is 5.53. The average molecular weight is 258 g/mol. The van der Waals surface area contributed by atoms with Gasteiger partial charge in [-0.25, -0.2) is 0 Å². The van der Waals surface area contributed by atoms with E-state index in [2.05, 4.69) is 5.32 Å². The van der Waals surface area contributed by atoms with Crippen LogP contribution >= 0.6 is 23.4 Å². The zero-order valence-electron chi connectivity index (χ0n) is 9.08. The molecular weight excluding hydrogens is 242 g/mol. The van der Waals surface area contributed by atoms with E-state index in [4.69, 9.17) is 16.7 Å². The molecule has 0 atom stereocenters. The first kappa shape index (κ1) is 12.1.